The highest BCUT2D eigenvalue weighted by Crippen LogP contribution is 2.27. The molecule has 7 heteroatoms. The smallest absolute Gasteiger partial charge is 0.227 e. The molecule has 1 fully saturated rings. The molecule has 2 aromatic rings. The zero-order valence-corrected chi connectivity index (χ0v) is 16.9. The van der Waals surface area contributed by atoms with E-state index in [4.69, 9.17) is 4.74 Å². The summed E-state index contributed by atoms with van der Waals surface area (Å²) in [5.74, 6) is -0.589. The predicted octanol–water partition coefficient (Wildman–Crippen LogP) is 1.19. The molecule has 1 aliphatic heterocycles. The number of amides is 2. The van der Waals surface area contributed by atoms with Crippen molar-refractivity contribution in [3.05, 3.63) is 59.9 Å². The van der Waals surface area contributed by atoms with Crippen LogP contribution >= 0.6 is 0 Å². The summed E-state index contributed by atoms with van der Waals surface area (Å²) in [6.07, 6.45) is 0.0855. The van der Waals surface area contributed by atoms with E-state index in [2.05, 4.69) is 5.32 Å². The Morgan fingerprint density at radius 2 is 1.93 bits per heavy atom. The molecule has 1 saturated heterocycles. The van der Waals surface area contributed by atoms with Gasteiger partial charge in [-0.3, -0.25) is 9.59 Å². The number of rotatable bonds is 7. The van der Waals surface area contributed by atoms with E-state index in [-0.39, 0.29) is 36.5 Å². The summed E-state index contributed by atoms with van der Waals surface area (Å²) in [6.45, 7) is 0.630. The Morgan fingerprint density at radius 1 is 1.24 bits per heavy atom. The van der Waals surface area contributed by atoms with Crippen LogP contribution in [0.15, 0.2) is 48.5 Å². The second-order valence-electron chi connectivity index (χ2n) is 7.51. The van der Waals surface area contributed by atoms with Crippen LogP contribution in [0.3, 0.4) is 0 Å². The fourth-order valence-corrected chi connectivity index (χ4v) is 3.63. The number of benzene rings is 2. The first kappa shape index (κ1) is 20.8. The number of halogens is 1. The number of ether oxygens (including phenoxy) is 1. The molecule has 2 N–H and O–H groups in total. The average molecular weight is 400 g/mol. The molecule has 154 valence electrons. The zero-order chi connectivity index (χ0) is 21.0. The van der Waals surface area contributed by atoms with Crippen molar-refractivity contribution in [2.45, 2.75) is 12.5 Å². The van der Waals surface area contributed by atoms with Gasteiger partial charge in [0.25, 0.3) is 0 Å². The third-order valence-electron chi connectivity index (χ3n) is 5.33. The van der Waals surface area contributed by atoms with Gasteiger partial charge in [-0.1, -0.05) is 12.1 Å². The van der Waals surface area contributed by atoms with E-state index in [1.807, 2.05) is 38.4 Å². The van der Waals surface area contributed by atoms with Crippen molar-refractivity contribution in [2.75, 3.05) is 39.2 Å². The highest BCUT2D eigenvalue weighted by Gasteiger charge is 2.36. The molecule has 2 amide bonds. The van der Waals surface area contributed by atoms with Gasteiger partial charge in [-0.05, 0) is 36.4 Å². The fraction of sp³-hybridized carbons (Fsp3) is 0.364. The summed E-state index contributed by atoms with van der Waals surface area (Å²) in [5, 5.41) is 2.98. The van der Waals surface area contributed by atoms with Crippen molar-refractivity contribution >= 4 is 17.5 Å². The quantitative estimate of drug-likeness (QED) is 0.734. The lowest BCUT2D eigenvalue weighted by Gasteiger charge is -2.23. The molecule has 0 unspecified atom stereocenters. The number of carbonyl (C=O) groups excluding carboxylic acids is 2. The first-order valence-corrected chi connectivity index (χ1v) is 9.67. The van der Waals surface area contributed by atoms with Crippen LogP contribution < -0.4 is 19.9 Å². The molecule has 0 spiro atoms. The van der Waals surface area contributed by atoms with Gasteiger partial charge in [0.1, 0.15) is 17.6 Å². The summed E-state index contributed by atoms with van der Waals surface area (Å²) in [4.78, 5) is 27.6. The van der Waals surface area contributed by atoms with Crippen molar-refractivity contribution < 1.29 is 23.6 Å². The van der Waals surface area contributed by atoms with Gasteiger partial charge >= 0.3 is 0 Å². The van der Waals surface area contributed by atoms with E-state index >= 15 is 0 Å². The lowest BCUT2D eigenvalue weighted by atomic mass is 10.0. The first-order valence-electron chi connectivity index (χ1n) is 9.67. The molecule has 0 saturated carbocycles. The zero-order valence-electron chi connectivity index (χ0n) is 16.9. The van der Waals surface area contributed by atoms with Gasteiger partial charge in [0.05, 0.1) is 39.4 Å². The van der Waals surface area contributed by atoms with Gasteiger partial charge in [0.2, 0.25) is 11.8 Å². The lowest BCUT2D eigenvalue weighted by Crippen LogP contribution is -3.07. The van der Waals surface area contributed by atoms with E-state index in [1.165, 1.54) is 15.9 Å². The van der Waals surface area contributed by atoms with Crippen LogP contribution in [0.2, 0.25) is 0 Å². The lowest BCUT2D eigenvalue weighted by molar-refractivity contribution is -0.890. The number of hydrogen-bond acceptors (Lipinski definition) is 3. The minimum atomic E-state index is -0.490. The van der Waals surface area contributed by atoms with Crippen LogP contribution in [0.1, 0.15) is 18.0 Å². The number of methoxy groups -OCH3 is 1. The molecule has 29 heavy (non-hydrogen) atoms. The molecule has 6 nitrogen and oxygen atoms in total. The molecule has 0 radical (unpaired) electrons. The minimum Gasteiger partial charge on any atom is -0.497 e. The Bertz CT molecular complexity index is 870. The molecule has 2 aromatic carbocycles. The monoisotopic (exact) mass is 400 g/mol. The van der Waals surface area contributed by atoms with E-state index in [9.17, 15) is 14.0 Å². The topological polar surface area (TPSA) is 63.1 Å². The average Bonchev–Trinajstić information content (AvgIpc) is 3.10. The number of nitrogens with one attached hydrogen (secondary N) is 2. The summed E-state index contributed by atoms with van der Waals surface area (Å²) >= 11 is 0. The molecular formula is C22H27FN3O3+. The molecule has 1 heterocycles. The SMILES string of the molecule is COc1ccc([C@@H](CNC(=O)[C@@H]2CC(=O)N(c3ccccc3F)C2)[NH+](C)C)cc1. The number of quaternary nitrogens is 1. The maximum Gasteiger partial charge on any atom is 0.227 e. The molecule has 0 aromatic heterocycles. The standard InChI is InChI=1S/C22H26FN3O3/c1-25(2)20(15-8-10-17(29-3)11-9-15)13-24-22(28)16-12-21(27)26(14-16)19-7-5-4-6-18(19)23/h4-11,16,20H,12-14H2,1-3H3,(H,24,28)/p+1/t16-,20-/m1/s1. The first-order chi connectivity index (χ1) is 13.9. The Kier molecular flexibility index (Phi) is 6.49. The van der Waals surface area contributed by atoms with Crippen LogP contribution in [0.25, 0.3) is 0 Å². The predicted molar refractivity (Wildman–Crippen MR) is 108 cm³/mol. The largest absolute Gasteiger partial charge is 0.497 e. The van der Waals surface area contributed by atoms with Crippen LogP contribution in [-0.4, -0.2) is 46.1 Å². The number of anilines is 1. The highest BCUT2D eigenvalue weighted by atomic mass is 19.1. The Morgan fingerprint density at radius 3 is 2.55 bits per heavy atom. The number of hydrogen-bond donors (Lipinski definition) is 2. The summed E-state index contributed by atoms with van der Waals surface area (Å²) in [5.41, 5.74) is 1.31. The third-order valence-corrected chi connectivity index (χ3v) is 5.33. The van der Waals surface area contributed by atoms with Gasteiger partial charge in [-0.25, -0.2) is 4.39 Å². The van der Waals surface area contributed by atoms with Crippen molar-refractivity contribution in [1.29, 1.82) is 0 Å². The van der Waals surface area contributed by atoms with Crippen molar-refractivity contribution in [3.8, 4) is 5.75 Å². The van der Waals surface area contributed by atoms with E-state index in [0.29, 0.717) is 6.54 Å². The molecule has 3 rings (SSSR count). The Hall–Kier alpha value is -2.93. The summed E-state index contributed by atoms with van der Waals surface area (Å²) in [7, 11) is 5.68. The van der Waals surface area contributed by atoms with Crippen LogP contribution in [0.4, 0.5) is 10.1 Å². The minimum absolute atomic E-state index is 0.0598. The van der Waals surface area contributed by atoms with Gasteiger partial charge in [-0.2, -0.15) is 0 Å². The number of para-hydroxylation sites is 1. The number of likely N-dealkylation sites (N-methyl/N-ethyl adjacent to an activating group) is 1. The van der Waals surface area contributed by atoms with Gasteiger partial charge in [0, 0.05) is 18.5 Å². The van der Waals surface area contributed by atoms with Crippen molar-refractivity contribution in [3.63, 3.8) is 0 Å². The highest BCUT2D eigenvalue weighted by molar-refractivity contribution is 6.00. The molecule has 2 atom stereocenters. The fourth-order valence-electron chi connectivity index (χ4n) is 3.63. The molecular weight excluding hydrogens is 373 g/mol. The van der Waals surface area contributed by atoms with Crippen LogP contribution in [-0.2, 0) is 9.59 Å². The Labute approximate surface area is 170 Å². The maximum atomic E-state index is 14.0. The van der Waals surface area contributed by atoms with E-state index in [0.717, 1.165) is 11.3 Å². The second-order valence-corrected chi connectivity index (χ2v) is 7.51. The number of carbonyl (C=O) groups is 2. The molecule has 0 bridgehead atoms. The maximum absolute atomic E-state index is 14.0. The van der Waals surface area contributed by atoms with E-state index < -0.39 is 11.7 Å². The second kappa shape index (κ2) is 9.05. The molecule has 1 aliphatic rings. The van der Waals surface area contributed by atoms with Crippen molar-refractivity contribution in [2.24, 2.45) is 5.92 Å². The van der Waals surface area contributed by atoms with Gasteiger partial charge in [-0.15, -0.1) is 0 Å². The van der Waals surface area contributed by atoms with Crippen LogP contribution in [0, 0.1) is 11.7 Å². The van der Waals surface area contributed by atoms with Gasteiger partial charge in [0.15, 0.2) is 0 Å². The van der Waals surface area contributed by atoms with Crippen LogP contribution in [0.5, 0.6) is 5.75 Å². The third kappa shape index (κ3) is 4.74. The summed E-state index contributed by atoms with van der Waals surface area (Å²) in [6, 6.07) is 14.0. The summed E-state index contributed by atoms with van der Waals surface area (Å²) < 4.78 is 19.2. The molecule has 0 aliphatic carbocycles. The van der Waals surface area contributed by atoms with E-state index in [1.54, 1.807) is 25.3 Å². The Balaban J connectivity index is 1.63. The van der Waals surface area contributed by atoms with Crippen molar-refractivity contribution in [1.82, 2.24) is 5.32 Å². The van der Waals surface area contributed by atoms with Gasteiger partial charge < -0.3 is 19.9 Å². The number of nitrogens with zero attached hydrogens (tertiary/aromatic N) is 1. The normalized spacial score (nSPS) is 17.5.